The molecule has 27 heavy (non-hydrogen) atoms. The molecule has 0 spiro atoms. The Labute approximate surface area is 159 Å². The van der Waals surface area contributed by atoms with Crippen LogP contribution in [0.25, 0.3) is 0 Å². The molecule has 0 aromatic carbocycles. The molecule has 0 radical (unpaired) electrons. The van der Waals surface area contributed by atoms with Gasteiger partial charge in [-0.05, 0) is 69.1 Å². The third-order valence-corrected chi connectivity index (χ3v) is 7.46. The molecule has 5 fully saturated rings. The molecular formula is C21H26N4O2. The van der Waals surface area contributed by atoms with Crippen molar-refractivity contribution in [2.24, 2.45) is 23.7 Å². The molecule has 4 saturated carbocycles. The molecule has 0 unspecified atom stereocenters. The summed E-state index contributed by atoms with van der Waals surface area (Å²) >= 11 is 0. The highest BCUT2D eigenvalue weighted by molar-refractivity contribution is 5.93. The summed E-state index contributed by atoms with van der Waals surface area (Å²) in [5.74, 6) is 2.70. The average molecular weight is 366 g/mol. The number of carbonyl (C=O) groups is 1. The zero-order valence-corrected chi connectivity index (χ0v) is 15.6. The van der Waals surface area contributed by atoms with Gasteiger partial charge in [0.2, 0.25) is 0 Å². The summed E-state index contributed by atoms with van der Waals surface area (Å²) < 4.78 is 0. The molecule has 1 atom stereocenters. The zero-order chi connectivity index (χ0) is 18.6. The Hall–Kier alpha value is -2.16. The quantitative estimate of drug-likeness (QED) is 0.871. The van der Waals surface area contributed by atoms with Crippen molar-refractivity contribution >= 4 is 5.91 Å². The van der Waals surface area contributed by atoms with Gasteiger partial charge in [-0.1, -0.05) is 0 Å². The van der Waals surface area contributed by atoms with E-state index in [-0.39, 0.29) is 28.4 Å². The van der Waals surface area contributed by atoms with Gasteiger partial charge >= 0.3 is 0 Å². The minimum absolute atomic E-state index is 0.0204. The lowest BCUT2D eigenvalue weighted by molar-refractivity contribution is -0.00955. The van der Waals surface area contributed by atoms with Crippen LogP contribution in [-0.4, -0.2) is 33.9 Å². The lowest BCUT2D eigenvalue weighted by atomic mass is 9.49. The summed E-state index contributed by atoms with van der Waals surface area (Å²) in [6.45, 7) is 1.01. The highest BCUT2D eigenvalue weighted by atomic mass is 16.2. The number of aromatic amines is 1. The molecule has 5 aliphatic rings. The van der Waals surface area contributed by atoms with E-state index in [0.29, 0.717) is 13.1 Å². The van der Waals surface area contributed by atoms with Gasteiger partial charge in [0.25, 0.3) is 11.5 Å². The summed E-state index contributed by atoms with van der Waals surface area (Å²) in [5.41, 5.74) is -0.186. The van der Waals surface area contributed by atoms with Crippen molar-refractivity contribution in [2.75, 3.05) is 13.1 Å². The van der Waals surface area contributed by atoms with E-state index in [1.54, 1.807) is 4.90 Å². The van der Waals surface area contributed by atoms with Crippen LogP contribution in [0.2, 0.25) is 0 Å². The number of hydrogen-bond donors (Lipinski definition) is 1. The summed E-state index contributed by atoms with van der Waals surface area (Å²) in [4.78, 5) is 34.8. The number of rotatable bonds is 2. The van der Waals surface area contributed by atoms with Crippen molar-refractivity contribution in [1.82, 2.24) is 14.9 Å². The molecule has 1 aromatic rings. The lowest BCUT2D eigenvalue weighted by Gasteiger charge is -2.56. The van der Waals surface area contributed by atoms with Crippen LogP contribution in [0.3, 0.4) is 0 Å². The molecule has 1 N–H and O–H groups in total. The number of likely N-dealkylation sites (tertiary alicyclic amines) is 1. The molecule has 6 nitrogen and oxygen atoms in total. The van der Waals surface area contributed by atoms with E-state index in [1.807, 2.05) is 0 Å². The predicted molar refractivity (Wildman–Crippen MR) is 98.9 cm³/mol. The first-order valence-electron chi connectivity index (χ1n) is 10.3. The maximum atomic E-state index is 12.8. The first kappa shape index (κ1) is 17.0. The highest BCUT2D eigenvalue weighted by Crippen LogP contribution is 2.59. The number of nitrogens with zero attached hydrogens (tertiary/aromatic N) is 3. The minimum Gasteiger partial charge on any atom is -0.337 e. The van der Waals surface area contributed by atoms with Crippen molar-refractivity contribution < 1.29 is 4.79 Å². The molecule has 1 saturated heterocycles. The smallest absolute Gasteiger partial charge is 0.263 e. The van der Waals surface area contributed by atoms with Gasteiger partial charge in [0.1, 0.15) is 11.4 Å². The van der Waals surface area contributed by atoms with Crippen LogP contribution in [0.5, 0.6) is 0 Å². The van der Waals surface area contributed by atoms with Gasteiger partial charge in [0.15, 0.2) is 0 Å². The van der Waals surface area contributed by atoms with Gasteiger partial charge < -0.3 is 9.88 Å². The van der Waals surface area contributed by atoms with Crippen LogP contribution < -0.4 is 5.56 Å². The molecule has 1 amide bonds. The van der Waals surface area contributed by atoms with E-state index in [4.69, 9.17) is 5.26 Å². The summed E-state index contributed by atoms with van der Waals surface area (Å²) in [6.07, 6.45) is 10.5. The van der Waals surface area contributed by atoms with Crippen LogP contribution >= 0.6 is 0 Å². The molecule has 4 aliphatic carbocycles. The SMILES string of the molecule is N#C[C@H]1CCCN(C(=O)c2cnc(C34CC5CC(CC(C5)C3)C4)[nH]c2=O)C1. The Kier molecular flexibility index (Phi) is 3.89. The van der Waals surface area contributed by atoms with Crippen LogP contribution in [0, 0.1) is 35.0 Å². The first-order chi connectivity index (χ1) is 13.1. The van der Waals surface area contributed by atoms with Crippen LogP contribution in [0.15, 0.2) is 11.0 Å². The monoisotopic (exact) mass is 366 g/mol. The lowest BCUT2D eigenvalue weighted by Crippen LogP contribution is -2.50. The highest BCUT2D eigenvalue weighted by Gasteiger charge is 2.53. The topological polar surface area (TPSA) is 89.8 Å². The predicted octanol–water partition coefficient (Wildman–Crippen LogP) is 2.61. The zero-order valence-electron chi connectivity index (χ0n) is 15.6. The van der Waals surface area contributed by atoms with Gasteiger partial charge in [-0.25, -0.2) is 4.98 Å². The largest absolute Gasteiger partial charge is 0.337 e. The Balaban J connectivity index is 1.41. The molecule has 6 rings (SSSR count). The molecule has 2 heterocycles. The van der Waals surface area contributed by atoms with Gasteiger partial charge in [0, 0.05) is 24.7 Å². The normalized spacial score (nSPS) is 37.2. The van der Waals surface area contributed by atoms with E-state index in [0.717, 1.165) is 55.7 Å². The fourth-order valence-electron chi connectivity index (χ4n) is 6.65. The fraction of sp³-hybridized carbons (Fsp3) is 0.714. The van der Waals surface area contributed by atoms with E-state index >= 15 is 0 Å². The molecule has 1 aromatic heterocycles. The molecule has 6 heteroatoms. The Morgan fingerprint density at radius 2 is 1.89 bits per heavy atom. The van der Waals surface area contributed by atoms with Crippen LogP contribution in [0.1, 0.15) is 67.5 Å². The molecule has 4 bridgehead atoms. The molecular weight excluding hydrogens is 340 g/mol. The average Bonchev–Trinajstić information content (AvgIpc) is 2.66. The fourth-order valence-corrected chi connectivity index (χ4v) is 6.65. The number of hydrogen-bond acceptors (Lipinski definition) is 4. The number of piperidine rings is 1. The van der Waals surface area contributed by atoms with E-state index in [9.17, 15) is 9.59 Å². The van der Waals surface area contributed by atoms with Crippen molar-refractivity contribution in [3.8, 4) is 6.07 Å². The second-order valence-electron chi connectivity index (χ2n) is 9.39. The van der Waals surface area contributed by atoms with Gasteiger partial charge in [0.05, 0.1) is 12.0 Å². The Bertz CT molecular complexity index is 832. The number of amides is 1. The van der Waals surface area contributed by atoms with E-state index in [2.05, 4.69) is 16.0 Å². The van der Waals surface area contributed by atoms with E-state index < -0.39 is 0 Å². The number of aromatic nitrogens is 2. The summed E-state index contributed by atoms with van der Waals surface area (Å²) in [6, 6.07) is 2.24. The number of nitrogens with one attached hydrogen (secondary N) is 1. The minimum atomic E-state index is -0.320. The van der Waals surface area contributed by atoms with Crippen molar-refractivity contribution in [1.29, 1.82) is 5.26 Å². The maximum absolute atomic E-state index is 12.8. The third kappa shape index (κ3) is 2.79. The number of nitriles is 1. The van der Waals surface area contributed by atoms with Crippen molar-refractivity contribution in [3.63, 3.8) is 0 Å². The van der Waals surface area contributed by atoms with Gasteiger partial charge in [-0.2, -0.15) is 5.26 Å². The van der Waals surface area contributed by atoms with Crippen molar-refractivity contribution in [2.45, 2.75) is 56.8 Å². The number of H-pyrrole nitrogens is 1. The van der Waals surface area contributed by atoms with E-state index in [1.165, 1.54) is 25.5 Å². The first-order valence-corrected chi connectivity index (χ1v) is 10.3. The second kappa shape index (κ2) is 6.19. The van der Waals surface area contributed by atoms with Crippen LogP contribution in [-0.2, 0) is 5.41 Å². The molecule has 1 aliphatic heterocycles. The Morgan fingerprint density at radius 1 is 1.22 bits per heavy atom. The summed E-state index contributed by atoms with van der Waals surface area (Å²) in [5, 5.41) is 9.14. The Morgan fingerprint density at radius 3 is 2.48 bits per heavy atom. The second-order valence-corrected chi connectivity index (χ2v) is 9.39. The summed E-state index contributed by atoms with van der Waals surface area (Å²) in [7, 11) is 0. The van der Waals surface area contributed by atoms with Gasteiger partial charge in [-0.15, -0.1) is 0 Å². The standard InChI is InChI=1S/C21H26N4O2/c22-10-13-2-1-3-25(12-13)19(27)17-11-23-20(24-18(17)26)21-7-14-4-15(8-21)6-16(5-14)9-21/h11,13-16H,1-9,12H2,(H,23,24,26)/t13-,14?,15?,16?,21?/m1/s1. The molecule has 142 valence electrons. The van der Waals surface area contributed by atoms with Gasteiger partial charge in [-0.3, -0.25) is 9.59 Å². The van der Waals surface area contributed by atoms with Crippen molar-refractivity contribution in [3.05, 3.63) is 27.9 Å². The maximum Gasteiger partial charge on any atom is 0.263 e. The van der Waals surface area contributed by atoms with Crippen LogP contribution in [0.4, 0.5) is 0 Å². The number of carbonyl (C=O) groups excluding carboxylic acids is 1. The third-order valence-electron chi connectivity index (χ3n) is 7.46.